The smallest absolute Gasteiger partial charge is 0.118 e. The van der Waals surface area contributed by atoms with Crippen molar-refractivity contribution in [1.82, 2.24) is 9.78 Å². The molecule has 20 heavy (non-hydrogen) atoms. The molecule has 0 aliphatic carbocycles. The minimum absolute atomic E-state index is 0.853. The number of rotatable bonds is 3. The van der Waals surface area contributed by atoms with Crippen molar-refractivity contribution in [2.45, 2.75) is 6.92 Å². The van der Waals surface area contributed by atoms with Gasteiger partial charge >= 0.3 is 0 Å². The summed E-state index contributed by atoms with van der Waals surface area (Å²) in [6.45, 7) is 2.08. The second-order valence-electron chi connectivity index (χ2n) is 4.71. The summed E-state index contributed by atoms with van der Waals surface area (Å²) in [4.78, 5) is 0. The van der Waals surface area contributed by atoms with Gasteiger partial charge in [-0.2, -0.15) is 5.10 Å². The Labute approximate surface area is 118 Å². The predicted molar refractivity (Wildman–Crippen MR) is 80.3 cm³/mol. The van der Waals surface area contributed by atoms with Gasteiger partial charge in [-0.1, -0.05) is 17.7 Å². The van der Waals surface area contributed by atoms with Crippen LogP contribution in [-0.4, -0.2) is 16.9 Å². The SMILES string of the molecule is COc1ccc(-c2ccn(-c3ccc(C)cc3)n2)cc1. The van der Waals surface area contributed by atoms with E-state index in [1.807, 2.05) is 41.2 Å². The van der Waals surface area contributed by atoms with E-state index in [-0.39, 0.29) is 0 Å². The molecule has 0 fully saturated rings. The first-order valence-electron chi connectivity index (χ1n) is 6.53. The summed E-state index contributed by atoms with van der Waals surface area (Å²) >= 11 is 0. The van der Waals surface area contributed by atoms with Gasteiger partial charge in [-0.05, 0) is 49.4 Å². The monoisotopic (exact) mass is 264 g/mol. The molecule has 0 spiro atoms. The van der Waals surface area contributed by atoms with Crippen molar-refractivity contribution < 1.29 is 4.74 Å². The van der Waals surface area contributed by atoms with Gasteiger partial charge in [0, 0.05) is 11.8 Å². The number of hydrogen-bond donors (Lipinski definition) is 0. The van der Waals surface area contributed by atoms with Crippen molar-refractivity contribution >= 4 is 0 Å². The molecule has 0 N–H and O–H groups in total. The van der Waals surface area contributed by atoms with Gasteiger partial charge in [-0.15, -0.1) is 0 Å². The van der Waals surface area contributed by atoms with Crippen molar-refractivity contribution in [3.05, 3.63) is 66.4 Å². The Morgan fingerprint density at radius 3 is 2.25 bits per heavy atom. The van der Waals surface area contributed by atoms with Crippen molar-refractivity contribution in [2.75, 3.05) is 7.11 Å². The summed E-state index contributed by atoms with van der Waals surface area (Å²) in [5.74, 6) is 0.853. The van der Waals surface area contributed by atoms with E-state index >= 15 is 0 Å². The fourth-order valence-electron chi connectivity index (χ4n) is 2.08. The third kappa shape index (κ3) is 2.43. The molecule has 0 saturated carbocycles. The summed E-state index contributed by atoms with van der Waals surface area (Å²) in [5.41, 5.74) is 4.34. The minimum Gasteiger partial charge on any atom is -0.497 e. The van der Waals surface area contributed by atoms with Crippen LogP contribution >= 0.6 is 0 Å². The lowest BCUT2D eigenvalue weighted by atomic mass is 10.1. The van der Waals surface area contributed by atoms with Gasteiger partial charge in [0.1, 0.15) is 5.75 Å². The maximum absolute atomic E-state index is 5.17. The van der Waals surface area contributed by atoms with E-state index < -0.39 is 0 Å². The Hall–Kier alpha value is -2.55. The van der Waals surface area contributed by atoms with Crippen molar-refractivity contribution in [3.63, 3.8) is 0 Å². The standard InChI is InChI=1S/C17H16N2O/c1-13-3-7-15(8-4-13)19-12-11-17(18-19)14-5-9-16(20-2)10-6-14/h3-12H,1-2H3. The molecule has 100 valence electrons. The number of aromatic nitrogens is 2. The van der Waals surface area contributed by atoms with Gasteiger partial charge in [-0.3, -0.25) is 0 Å². The molecule has 0 aliphatic rings. The summed E-state index contributed by atoms with van der Waals surface area (Å²) in [6, 6.07) is 18.2. The molecule has 0 amide bonds. The van der Waals surface area contributed by atoms with E-state index in [0.29, 0.717) is 0 Å². The number of methoxy groups -OCH3 is 1. The molecular formula is C17H16N2O. The van der Waals surface area contributed by atoms with Crippen LogP contribution in [0, 0.1) is 6.92 Å². The van der Waals surface area contributed by atoms with Crippen LogP contribution in [0.3, 0.4) is 0 Å². The highest BCUT2D eigenvalue weighted by molar-refractivity contribution is 5.60. The van der Waals surface area contributed by atoms with E-state index in [9.17, 15) is 0 Å². The Balaban J connectivity index is 1.91. The zero-order valence-corrected chi connectivity index (χ0v) is 11.6. The van der Waals surface area contributed by atoms with E-state index in [1.165, 1.54) is 5.56 Å². The lowest BCUT2D eigenvalue weighted by Crippen LogP contribution is -1.94. The maximum Gasteiger partial charge on any atom is 0.118 e. The quantitative estimate of drug-likeness (QED) is 0.718. The number of ether oxygens (including phenoxy) is 1. The number of aryl methyl sites for hydroxylation is 1. The molecule has 0 saturated heterocycles. The highest BCUT2D eigenvalue weighted by atomic mass is 16.5. The molecule has 0 atom stereocenters. The molecule has 3 aromatic rings. The third-order valence-electron chi connectivity index (χ3n) is 3.27. The largest absolute Gasteiger partial charge is 0.497 e. The van der Waals surface area contributed by atoms with Crippen molar-refractivity contribution in [3.8, 4) is 22.7 Å². The molecule has 3 heteroatoms. The molecule has 3 nitrogen and oxygen atoms in total. The second kappa shape index (κ2) is 5.21. The van der Waals surface area contributed by atoms with Crippen LogP contribution in [0.4, 0.5) is 0 Å². The zero-order valence-electron chi connectivity index (χ0n) is 11.6. The summed E-state index contributed by atoms with van der Waals surface area (Å²) in [5, 5.41) is 4.61. The molecule has 0 radical (unpaired) electrons. The van der Waals surface area contributed by atoms with E-state index in [2.05, 4.69) is 36.3 Å². The predicted octanol–water partition coefficient (Wildman–Crippen LogP) is 3.86. The van der Waals surface area contributed by atoms with E-state index in [0.717, 1.165) is 22.7 Å². The maximum atomic E-state index is 5.17. The number of hydrogen-bond acceptors (Lipinski definition) is 2. The fraction of sp³-hybridized carbons (Fsp3) is 0.118. The van der Waals surface area contributed by atoms with Crippen molar-refractivity contribution in [2.24, 2.45) is 0 Å². The molecule has 0 bridgehead atoms. The molecular weight excluding hydrogens is 248 g/mol. The topological polar surface area (TPSA) is 27.1 Å². The van der Waals surface area contributed by atoms with E-state index in [4.69, 9.17) is 4.74 Å². The molecule has 2 aromatic carbocycles. The highest BCUT2D eigenvalue weighted by Crippen LogP contribution is 2.21. The Morgan fingerprint density at radius 2 is 1.60 bits per heavy atom. The van der Waals surface area contributed by atoms with Gasteiger partial charge in [0.05, 0.1) is 18.5 Å². The van der Waals surface area contributed by atoms with Gasteiger partial charge in [0.15, 0.2) is 0 Å². The van der Waals surface area contributed by atoms with Gasteiger partial charge in [-0.25, -0.2) is 4.68 Å². The molecule has 0 unspecified atom stereocenters. The zero-order chi connectivity index (χ0) is 13.9. The van der Waals surface area contributed by atoms with Crippen LogP contribution in [0.25, 0.3) is 16.9 Å². The first-order chi connectivity index (χ1) is 9.76. The first-order valence-corrected chi connectivity index (χ1v) is 6.53. The average molecular weight is 264 g/mol. The molecule has 3 rings (SSSR count). The van der Waals surface area contributed by atoms with Crippen LogP contribution in [-0.2, 0) is 0 Å². The van der Waals surface area contributed by atoms with Crippen LogP contribution < -0.4 is 4.74 Å². The van der Waals surface area contributed by atoms with E-state index in [1.54, 1.807) is 7.11 Å². The lowest BCUT2D eigenvalue weighted by molar-refractivity contribution is 0.415. The van der Waals surface area contributed by atoms with Crippen LogP contribution in [0.2, 0.25) is 0 Å². The van der Waals surface area contributed by atoms with Gasteiger partial charge < -0.3 is 4.74 Å². The van der Waals surface area contributed by atoms with Crippen LogP contribution in [0.5, 0.6) is 5.75 Å². The van der Waals surface area contributed by atoms with Crippen molar-refractivity contribution in [1.29, 1.82) is 0 Å². The summed E-state index contributed by atoms with van der Waals surface area (Å²) in [7, 11) is 1.67. The normalized spacial score (nSPS) is 10.5. The summed E-state index contributed by atoms with van der Waals surface area (Å²) in [6.07, 6.45) is 1.98. The Kier molecular flexibility index (Phi) is 3.25. The lowest BCUT2D eigenvalue weighted by Gasteiger charge is -2.02. The van der Waals surface area contributed by atoms with Crippen LogP contribution in [0.15, 0.2) is 60.8 Å². The number of benzene rings is 2. The van der Waals surface area contributed by atoms with Gasteiger partial charge in [0.25, 0.3) is 0 Å². The minimum atomic E-state index is 0.853. The molecule has 1 heterocycles. The first kappa shape index (κ1) is 12.5. The van der Waals surface area contributed by atoms with Crippen LogP contribution in [0.1, 0.15) is 5.56 Å². The molecule has 1 aromatic heterocycles. The third-order valence-corrected chi connectivity index (χ3v) is 3.27. The fourth-order valence-corrected chi connectivity index (χ4v) is 2.08. The molecule has 0 aliphatic heterocycles. The van der Waals surface area contributed by atoms with Gasteiger partial charge in [0.2, 0.25) is 0 Å². The Morgan fingerprint density at radius 1 is 0.900 bits per heavy atom. The summed E-state index contributed by atoms with van der Waals surface area (Å²) < 4.78 is 7.05. The second-order valence-corrected chi connectivity index (χ2v) is 4.71. The Bertz CT molecular complexity index is 697. The average Bonchev–Trinajstić information content (AvgIpc) is 2.98. The highest BCUT2D eigenvalue weighted by Gasteiger charge is 2.04. The number of nitrogens with zero attached hydrogens (tertiary/aromatic N) is 2.